The first-order valence-electron chi connectivity index (χ1n) is 7.40. The number of anilines is 2. The van der Waals surface area contributed by atoms with Gasteiger partial charge in [-0.1, -0.05) is 36.4 Å². The molecule has 116 valence electrons. The SMILES string of the molecule is C=CCNc1cc(-c2ccccc2)nc(NCc2ccco2)n1. The van der Waals surface area contributed by atoms with Crippen LogP contribution >= 0.6 is 0 Å². The van der Waals surface area contributed by atoms with Crippen LogP contribution in [0, 0.1) is 0 Å². The molecule has 0 amide bonds. The average Bonchev–Trinajstić information content (AvgIpc) is 3.12. The average molecular weight is 306 g/mol. The van der Waals surface area contributed by atoms with Gasteiger partial charge in [0.2, 0.25) is 5.95 Å². The van der Waals surface area contributed by atoms with Crippen molar-refractivity contribution in [2.45, 2.75) is 6.54 Å². The highest BCUT2D eigenvalue weighted by molar-refractivity contribution is 5.64. The molecular formula is C18H18N4O. The first-order chi connectivity index (χ1) is 11.3. The zero-order chi connectivity index (χ0) is 15.9. The van der Waals surface area contributed by atoms with Crippen molar-refractivity contribution in [3.05, 3.63) is 73.2 Å². The van der Waals surface area contributed by atoms with Gasteiger partial charge < -0.3 is 15.1 Å². The molecule has 23 heavy (non-hydrogen) atoms. The minimum Gasteiger partial charge on any atom is -0.467 e. The molecule has 2 heterocycles. The number of rotatable bonds is 7. The van der Waals surface area contributed by atoms with E-state index in [1.807, 2.05) is 48.5 Å². The Balaban J connectivity index is 1.86. The maximum absolute atomic E-state index is 5.32. The lowest BCUT2D eigenvalue weighted by atomic mass is 10.1. The van der Waals surface area contributed by atoms with Gasteiger partial charge in [-0.2, -0.15) is 4.98 Å². The van der Waals surface area contributed by atoms with Crippen LogP contribution < -0.4 is 10.6 Å². The molecular weight excluding hydrogens is 288 g/mol. The van der Waals surface area contributed by atoms with E-state index in [-0.39, 0.29) is 0 Å². The molecule has 0 fully saturated rings. The summed E-state index contributed by atoms with van der Waals surface area (Å²) in [6.07, 6.45) is 3.44. The Morgan fingerprint density at radius 1 is 1.04 bits per heavy atom. The Bertz CT molecular complexity index is 754. The zero-order valence-corrected chi connectivity index (χ0v) is 12.7. The Morgan fingerprint density at radius 3 is 2.65 bits per heavy atom. The molecule has 0 aliphatic rings. The molecule has 0 radical (unpaired) electrons. The summed E-state index contributed by atoms with van der Waals surface area (Å²) < 4.78 is 5.32. The van der Waals surface area contributed by atoms with E-state index in [1.54, 1.807) is 12.3 Å². The smallest absolute Gasteiger partial charge is 0.225 e. The van der Waals surface area contributed by atoms with Gasteiger partial charge in [-0.3, -0.25) is 0 Å². The van der Waals surface area contributed by atoms with Crippen molar-refractivity contribution >= 4 is 11.8 Å². The third-order valence-corrected chi connectivity index (χ3v) is 3.22. The fourth-order valence-electron chi connectivity index (χ4n) is 2.13. The van der Waals surface area contributed by atoms with Gasteiger partial charge in [0.15, 0.2) is 0 Å². The minimum atomic E-state index is 0.534. The summed E-state index contributed by atoms with van der Waals surface area (Å²) in [6.45, 7) is 4.89. The molecule has 2 aromatic heterocycles. The minimum absolute atomic E-state index is 0.534. The fourth-order valence-corrected chi connectivity index (χ4v) is 2.13. The maximum atomic E-state index is 5.32. The van der Waals surface area contributed by atoms with E-state index in [4.69, 9.17) is 4.42 Å². The fraction of sp³-hybridized carbons (Fsp3) is 0.111. The van der Waals surface area contributed by atoms with Crippen molar-refractivity contribution in [1.29, 1.82) is 0 Å². The topological polar surface area (TPSA) is 63.0 Å². The molecule has 0 aliphatic carbocycles. The van der Waals surface area contributed by atoms with Gasteiger partial charge in [0.05, 0.1) is 18.5 Å². The molecule has 0 spiro atoms. The van der Waals surface area contributed by atoms with Crippen LogP contribution in [-0.4, -0.2) is 16.5 Å². The molecule has 5 nitrogen and oxygen atoms in total. The maximum Gasteiger partial charge on any atom is 0.225 e. The highest BCUT2D eigenvalue weighted by atomic mass is 16.3. The Labute approximate surface area is 135 Å². The first-order valence-corrected chi connectivity index (χ1v) is 7.40. The highest BCUT2D eigenvalue weighted by Gasteiger charge is 2.07. The lowest BCUT2D eigenvalue weighted by Gasteiger charge is -2.10. The van der Waals surface area contributed by atoms with Gasteiger partial charge in [-0.25, -0.2) is 4.98 Å². The molecule has 5 heteroatoms. The summed E-state index contributed by atoms with van der Waals surface area (Å²) in [4.78, 5) is 9.05. The molecule has 0 atom stereocenters. The van der Waals surface area contributed by atoms with E-state index in [2.05, 4.69) is 27.2 Å². The summed E-state index contributed by atoms with van der Waals surface area (Å²) in [7, 11) is 0. The number of nitrogens with one attached hydrogen (secondary N) is 2. The van der Waals surface area contributed by atoms with E-state index < -0.39 is 0 Å². The van der Waals surface area contributed by atoms with E-state index >= 15 is 0 Å². The van der Waals surface area contributed by atoms with Gasteiger partial charge >= 0.3 is 0 Å². The number of hydrogen-bond donors (Lipinski definition) is 2. The molecule has 2 N–H and O–H groups in total. The van der Waals surface area contributed by atoms with E-state index in [0.717, 1.165) is 22.8 Å². The summed E-state index contributed by atoms with van der Waals surface area (Å²) >= 11 is 0. The standard InChI is InChI=1S/C18H18N4O/c1-2-10-19-17-12-16(14-7-4-3-5-8-14)21-18(22-17)20-13-15-9-6-11-23-15/h2-9,11-12H,1,10,13H2,(H2,19,20,21,22). The molecule has 3 aromatic rings. The lowest BCUT2D eigenvalue weighted by Crippen LogP contribution is -2.07. The number of hydrogen-bond acceptors (Lipinski definition) is 5. The van der Waals surface area contributed by atoms with Crippen LogP contribution in [0.3, 0.4) is 0 Å². The lowest BCUT2D eigenvalue weighted by molar-refractivity contribution is 0.517. The number of benzene rings is 1. The number of aromatic nitrogens is 2. The predicted molar refractivity (Wildman–Crippen MR) is 92.2 cm³/mol. The summed E-state index contributed by atoms with van der Waals surface area (Å²) in [5.74, 6) is 2.13. The Kier molecular flexibility index (Phi) is 4.69. The number of nitrogens with zero attached hydrogens (tertiary/aromatic N) is 2. The molecule has 0 saturated heterocycles. The summed E-state index contributed by atoms with van der Waals surface area (Å²) in [6, 6.07) is 15.7. The normalized spacial score (nSPS) is 10.3. The van der Waals surface area contributed by atoms with Crippen molar-refractivity contribution in [2.24, 2.45) is 0 Å². The van der Waals surface area contributed by atoms with Crippen LogP contribution in [0.25, 0.3) is 11.3 Å². The van der Waals surface area contributed by atoms with E-state index in [1.165, 1.54) is 0 Å². The van der Waals surface area contributed by atoms with Crippen LogP contribution in [0.15, 0.2) is 71.9 Å². The molecule has 0 unspecified atom stereocenters. The van der Waals surface area contributed by atoms with Crippen molar-refractivity contribution in [1.82, 2.24) is 9.97 Å². The van der Waals surface area contributed by atoms with Gasteiger partial charge in [-0.05, 0) is 12.1 Å². The first kappa shape index (κ1) is 14.8. The Morgan fingerprint density at radius 2 is 1.91 bits per heavy atom. The monoisotopic (exact) mass is 306 g/mol. The van der Waals surface area contributed by atoms with Crippen LogP contribution in [0.1, 0.15) is 5.76 Å². The second-order valence-corrected chi connectivity index (χ2v) is 4.93. The van der Waals surface area contributed by atoms with Gasteiger partial charge in [0.1, 0.15) is 11.6 Å². The number of furan rings is 1. The highest BCUT2D eigenvalue weighted by Crippen LogP contribution is 2.21. The third-order valence-electron chi connectivity index (χ3n) is 3.22. The van der Waals surface area contributed by atoms with Crippen LogP contribution in [0.4, 0.5) is 11.8 Å². The molecule has 0 saturated carbocycles. The molecule has 0 aliphatic heterocycles. The van der Waals surface area contributed by atoms with Crippen LogP contribution in [0.5, 0.6) is 0 Å². The predicted octanol–water partition coefficient (Wildman–Crippen LogP) is 3.95. The summed E-state index contributed by atoms with van der Waals surface area (Å²) in [5, 5.41) is 6.40. The zero-order valence-electron chi connectivity index (χ0n) is 12.7. The van der Waals surface area contributed by atoms with Crippen LogP contribution in [-0.2, 0) is 6.54 Å². The third kappa shape index (κ3) is 3.97. The van der Waals surface area contributed by atoms with Crippen molar-refractivity contribution < 1.29 is 4.42 Å². The molecule has 3 rings (SSSR count). The van der Waals surface area contributed by atoms with Crippen LogP contribution in [0.2, 0.25) is 0 Å². The summed E-state index contributed by atoms with van der Waals surface area (Å²) in [5.41, 5.74) is 1.90. The van der Waals surface area contributed by atoms with E-state index in [0.29, 0.717) is 19.0 Å². The molecule has 1 aromatic carbocycles. The van der Waals surface area contributed by atoms with Crippen molar-refractivity contribution in [3.63, 3.8) is 0 Å². The second-order valence-electron chi connectivity index (χ2n) is 4.93. The quantitative estimate of drug-likeness (QED) is 0.647. The van der Waals surface area contributed by atoms with E-state index in [9.17, 15) is 0 Å². The van der Waals surface area contributed by atoms with Gasteiger partial charge in [0.25, 0.3) is 0 Å². The molecule has 0 bridgehead atoms. The largest absolute Gasteiger partial charge is 0.467 e. The van der Waals surface area contributed by atoms with Crippen molar-refractivity contribution in [3.8, 4) is 11.3 Å². The van der Waals surface area contributed by atoms with Gasteiger partial charge in [0, 0.05) is 18.2 Å². The Hall–Kier alpha value is -3.08. The van der Waals surface area contributed by atoms with Crippen molar-refractivity contribution in [2.75, 3.05) is 17.2 Å². The second kappa shape index (κ2) is 7.26. The van der Waals surface area contributed by atoms with Gasteiger partial charge in [-0.15, -0.1) is 6.58 Å².